The van der Waals surface area contributed by atoms with Crippen molar-refractivity contribution >= 4 is 10.9 Å². The molecule has 4 heteroatoms. The molecule has 0 aliphatic carbocycles. The second kappa shape index (κ2) is 4.92. The number of fused-ring (bicyclic) bond motifs is 1. The zero-order valence-corrected chi connectivity index (χ0v) is 10.1. The summed E-state index contributed by atoms with van der Waals surface area (Å²) in [5.41, 5.74) is 2.04. The highest BCUT2D eigenvalue weighted by molar-refractivity contribution is 5.83. The molecule has 1 saturated heterocycles. The van der Waals surface area contributed by atoms with Crippen molar-refractivity contribution < 1.29 is 9.84 Å². The highest BCUT2D eigenvalue weighted by Gasteiger charge is 2.16. The van der Waals surface area contributed by atoms with Crippen LogP contribution in [0.1, 0.15) is 18.0 Å². The van der Waals surface area contributed by atoms with Crippen LogP contribution in [0.4, 0.5) is 0 Å². The molecule has 1 fully saturated rings. The van der Waals surface area contributed by atoms with Crippen molar-refractivity contribution in [3.63, 3.8) is 0 Å². The van der Waals surface area contributed by atoms with Gasteiger partial charge in [0.2, 0.25) is 0 Å². The Morgan fingerprint density at radius 2 is 2.28 bits per heavy atom. The highest BCUT2D eigenvalue weighted by atomic mass is 16.5. The van der Waals surface area contributed by atoms with E-state index in [1.165, 1.54) is 0 Å². The van der Waals surface area contributed by atoms with Crippen LogP contribution in [0.3, 0.4) is 0 Å². The van der Waals surface area contributed by atoms with Gasteiger partial charge in [-0.25, -0.2) is 0 Å². The molecule has 1 unspecified atom stereocenters. The average Bonchev–Trinajstić information content (AvgIpc) is 2.67. The minimum Gasteiger partial charge on any atom is -0.508 e. The fourth-order valence-corrected chi connectivity index (χ4v) is 2.37. The first-order valence-electron chi connectivity index (χ1n) is 6.23. The van der Waals surface area contributed by atoms with E-state index in [9.17, 15) is 5.11 Å². The topological polar surface area (TPSA) is 54.4 Å². The summed E-state index contributed by atoms with van der Waals surface area (Å²) in [6, 6.07) is 7.43. The number of phenols is 1. The van der Waals surface area contributed by atoms with Gasteiger partial charge in [0, 0.05) is 18.2 Å². The van der Waals surface area contributed by atoms with Gasteiger partial charge >= 0.3 is 0 Å². The number of aromatic nitrogens is 1. The highest BCUT2D eigenvalue weighted by Crippen LogP contribution is 2.26. The fourth-order valence-electron chi connectivity index (χ4n) is 2.37. The second-order valence-electron chi connectivity index (χ2n) is 4.54. The third-order valence-electron chi connectivity index (χ3n) is 3.27. The number of hydrogen-bond donors (Lipinski definition) is 2. The van der Waals surface area contributed by atoms with E-state index >= 15 is 0 Å². The van der Waals surface area contributed by atoms with Crippen molar-refractivity contribution in [2.45, 2.75) is 12.5 Å². The molecule has 18 heavy (non-hydrogen) atoms. The lowest BCUT2D eigenvalue weighted by Gasteiger charge is -2.17. The van der Waals surface area contributed by atoms with Crippen molar-refractivity contribution in [1.29, 1.82) is 0 Å². The summed E-state index contributed by atoms with van der Waals surface area (Å²) in [7, 11) is 0. The Bertz CT molecular complexity index is 548. The van der Waals surface area contributed by atoms with E-state index in [-0.39, 0.29) is 11.8 Å². The zero-order valence-electron chi connectivity index (χ0n) is 10.1. The molecule has 0 spiro atoms. The number of pyridine rings is 1. The summed E-state index contributed by atoms with van der Waals surface area (Å²) >= 11 is 0. The molecule has 1 atom stereocenters. The van der Waals surface area contributed by atoms with E-state index in [0.29, 0.717) is 6.61 Å². The first-order chi connectivity index (χ1) is 8.84. The fraction of sp³-hybridized carbons (Fsp3) is 0.357. The molecule has 0 amide bonds. The maximum Gasteiger partial charge on any atom is 0.116 e. The Hall–Kier alpha value is -1.65. The molecule has 1 aromatic carbocycles. The van der Waals surface area contributed by atoms with E-state index < -0.39 is 0 Å². The van der Waals surface area contributed by atoms with Crippen LogP contribution in [-0.4, -0.2) is 29.8 Å². The molecule has 2 aromatic rings. The average molecular weight is 244 g/mol. The molecular formula is C14H16N2O2. The van der Waals surface area contributed by atoms with Gasteiger partial charge in [0.1, 0.15) is 5.75 Å². The van der Waals surface area contributed by atoms with Crippen LogP contribution in [-0.2, 0) is 4.74 Å². The third kappa shape index (κ3) is 2.17. The number of phenolic OH excluding ortho intramolecular Hbond substituents is 1. The Balaban J connectivity index is 2.06. The Morgan fingerprint density at radius 1 is 1.33 bits per heavy atom. The summed E-state index contributed by atoms with van der Waals surface area (Å²) < 4.78 is 5.60. The van der Waals surface area contributed by atoms with Gasteiger partial charge in [-0.15, -0.1) is 0 Å². The number of benzene rings is 1. The molecule has 1 aliphatic heterocycles. The lowest BCUT2D eigenvalue weighted by Crippen LogP contribution is -2.23. The monoisotopic (exact) mass is 244 g/mol. The standard InChI is InChI=1S/C14H16N2O2/c17-10-2-3-13-12(8-10)11(4-6-16-13)14-9-18-7-1-5-15-14/h2-4,6,8,14-15,17H,1,5,7,9H2. The minimum atomic E-state index is 0.166. The van der Waals surface area contributed by atoms with Crippen molar-refractivity contribution in [2.75, 3.05) is 19.8 Å². The first-order valence-corrected chi connectivity index (χ1v) is 6.23. The smallest absolute Gasteiger partial charge is 0.116 e. The Labute approximate surface area is 106 Å². The molecule has 1 aromatic heterocycles. The largest absolute Gasteiger partial charge is 0.508 e. The van der Waals surface area contributed by atoms with Gasteiger partial charge in [-0.05, 0) is 42.8 Å². The molecule has 0 saturated carbocycles. The summed E-state index contributed by atoms with van der Waals surface area (Å²) in [6.45, 7) is 2.42. The van der Waals surface area contributed by atoms with Crippen LogP contribution >= 0.6 is 0 Å². The number of hydrogen-bond acceptors (Lipinski definition) is 4. The van der Waals surface area contributed by atoms with Gasteiger partial charge in [0.25, 0.3) is 0 Å². The number of ether oxygens (including phenoxy) is 1. The summed E-state index contributed by atoms with van der Waals surface area (Å²) in [5, 5.41) is 14.1. The summed E-state index contributed by atoms with van der Waals surface area (Å²) in [5.74, 6) is 0.270. The van der Waals surface area contributed by atoms with Gasteiger partial charge in [-0.1, -0.05) is 0 Å². The van der Waals surface area contributed by atoms with Crippen LogP contribution in [0.15, 0.2) is 30.5 Å². The lowest BCUT2D eigenvalue weighted by molar-refractivity contribution is 0.132. The minimum absolute atomic E-state index is 0.166. The molecule has 0 radical (unpaired) electrons. The molecule has 4 nitrogen and oxygen atoms in total. The van der Waals surface area contributed by atoms with Crippen molar-refractivity contribution in [3.8, 4) is 5.75 Å². The molecule has 0 bridgehead atoms. The normalized spacial score (nSPS) is 20.8. The van der Waals surface area contributed by atoms with Crippen LogP contribution in [0.2, 0.25) is 0 Å². The van der Waals surface area contributed by atoms with Gasteiger partial charge in [0.05, 0.1) is 18.2 Å². The van der Waals surface area contributed by atoms with E-state index in [1.54, 1.807) is 18.3 Å². The number of nitrogens with one attached hydrogen (secondary N) is 1. The van der Waals surface area contributed by atoms with E-state index in [1.807, 2.05) is 12.1 Å². The van der Waals surface area contributed by atoms with Crippen molar-refractivity contribution in [1.82, 2.24) is 10.3 Å². The Kier molecular flexibility index (Phi) is 3.13. The van der Waals surface area contributed by atoms with Gasteiger partial charge in [0.15, 0.2) is 0 Å². The van der Waals surface area contributed by atoms with E-state index in [0.717, 1.165) is 36.0 Å². The quantitative estimate of drug-likeness (QED) is 0.805. The number of nitrogens with zero attached hydrogens (tertiary/aromatic N) is 1. The van der Waals surface area contributed by atoms with Gasteiger partial charge in [-0.3, -0.25) is 4.98 Å². The van der Waals surface area contributed by atoms with Gasteiger partial charge in [-0.2, -0.15) is 0 Å². The predicted octanol–water partition coefficient (Wildman–Crippen LogP) is 1.99. The molecule has 2 heterocycles. The van der Waals surface area contributed by atoms with E-state index in [2.05, 4.69) is 10.3 Å². The molecule has 3 rings (SSSR count). The molecule has 94 valence electrons. The van der Waals surface area contributed by atoms with Crippen molar-refractivity contribution in [2.24, 2.45) is 0 Å². The second-order valence-corrected chi connectivity index (χ2v) is 4.54. The van der Waals surface area contributed by atoms with Crippen LogP contribution in [0.5, 0.6) is 5.75 Å². The predicted molar refractivity (Wildman–Crippen MR) is 69.6 cm³/mol. The maximum absolute atomic E-state index is 9.63. The first kappa shape index (κ1) is 11.4. The molecular weight excluding hydrogens is 228 g/mol. The third-order valence-corrected chi connectivity index (χ3v) is 3.27. The summed E-state index contributed by atoms with van der Waals surface area (Å²) in [4.78, 5) is 4.32. The van der Waals surface area contributed by atoms with Crippen LogP contribution in [0, 0.1) is 0 Å². The SMILES string of the molecule is Oc1ccc2nccc(C3COCCCN3)c2c1. The lowest BCUT2D eigenvalue weighted by atomic mass is 10.0. The van der Waals surface area contributed by atoms with Gasteiger partial charge < -0.3 is 15.2 Å². The zero-order chi connectivity index (χ0) is 12.4. The molecule has 2 N–H and O–H groups in total. The van der Waals surface area contributed by atoms with Crippen LogP contribution in [0.25, 0.3) is 10.9 Å². The number of rotatable bonds is 1. The van der Waals surface area contributed by atoms with E-state index in [4.69, 9.17) is 4.74 Å². The molecule has 1 aliphatic rings. The number of aromatic hydroxyl groups is 1. The van der Waals surface area contributed by atoms with Crippen LogP contribution < -0.4 is 5.32 Å². The maximum atomic E-state index is 9.63. The Morgan fingerprint density at radius 3 is 3.22 bits per heavy atom. The van der Waals surface area contributed by atoms with Crippen molar-refractivity contribution in [3.05, 3.63) is 36.0 Å². The summed E-state index contributed by atoms with van der Waals surface area (Å²) in [6.07, 6.45) is 2.84.